The van der Waals surface area contributed by atoms with E-state index in [0.29, 0.717) is 35.1 Å². The number of ketones is 1. The number of benzene rings is 2. The molecule has 0 fully saturated rings. The van der Waals surface area contributed by atoms with E-state index in [1.165, 1.54) is 4.90 Å². The fraction of sp³-hybridized carbons (Fsp3) is 0.154. The van der Waals surface area contributed by atoms with Gasteiger partial charge in [-0.25, -0.2) is 0 Å². The molecule has 1 unspecified atom stereocenters. The van der Waals surface area contributed by atoms with Crippen LogP contribution in [0.4, 0.5) is 5.69 Å². The molecule has 0 bridgehead atoms. The Labute approximate surface area is 189 Å². The SMILES string of the molecule is CCOc1cccc(N2C(=O)C(O)=C(C(=O)c3cc4ccccc4o3)C2c2ccc(C)o2)c1. The van der Waals surface area contributed by atoms with Crippen molar-refractivity contribution in [2.45, 2.75) is 19.9 Å². The molecular formula is C26H21NO6. The van der Waals surface area contributed by atoms with Crippen LogP contribution in [0.2, 0.25) is 0 Å². The predicted molar refractivity (Wildman–Crippen MR) is 121 cm³/mol. The maximum Gasteiger partial charge on any atom is 0.294 e. The zero-order valence-corrected chi connectivity index (χ0v) is 18.1. The van der Waals surface area contributed by atoms with Crippen LogP contribution in [-0.2, 0) is 4.79 Å². The summed E-state index contributed by atoms with van der Waals surface area (Å²) >= 11 is 0. The lowest BCUT2D eigenvalue weighted by molar-refractivity contribution is -0.117. The van der Waals surface area contributed by atoms with Crippen molar-refractivity contribution >= 4 is 28.3 Å². The fourth-order valence-electron chi connectivity index (χ4n) is 4.09. The first-order valence-electron chi connectivity index (χ1n) is 10.6. The highest BCUT2D eigenvalue weighted by Crippen LogP contribution is 2.43. The molecule has 1 atom stereocenters. The minimum atomic E-state index is -0.969. The van der Waals surface area contributed by atoms with Crippen LogP contribution in [0.3, 0.4) is 0 Å². The molecule has 166 valence electrons. The highest BCUT2D eigenvalue weighted by Gasteiger charge is 2.47. The van der Waals surface area contributed by atoms with Crippen molar-refractivity contribution in [2.24, 2.45) is 0 Å². The maximum absolute atomic E-state index is 13.6. The Morgan fingerprint density at radius 1 is 1.06 bits per heavy atom. The van der Waals surface area contributed by atoms with Gasteiger partial charge in [0.15, 0.2) is 11.5 Å². The number of Topliss-reactive ketones (excluding diaryl/α,β-unsaturated/α-hetero) is 1. The summed E-state index contributed by atoms with van der Waals surface area (Å²) in [5.41, 5.74) is 0.899. The fourth-order valence-corrected chi connectivity index (χ4v) is 4.09. The largest absolute Gasteiger partial charge is 0.503 e. The number of aliphatic hydroxyl groups excluding tert-OH is 1. The van der Waals surface area contributed by atoms with Crippen molar-refractivity contribution in [1.82, 2.24) is 0 Å². The molecule has 0 spiro atoms. The van der Waals surface area contributed by atoms with Gasteiger partial charge in [-0.05, 0) is 50.2 Å². The molecule has 7 nitrogen and oxygen atoms in total. The molecule has 7 heteroatoms. The van der Waals surface area contributed by atoms with Crippen molar-refractivity contribution in [3.63, 3.8) is 0 Å². The van der Waals surface area contributed by atoms with Crippen LogP contribution in [0.15, 0.2) is 86.9 Å². The van der Waals surface area contributed by atoms with E-state index < -0.39 is 23.5 Å². The lowest BCUT2D eigenvalue weighted by atomic mass is 9.99. The molecule has 3 heterocycles. The average molecular weight is 443 g/mol. The number of hydrogen-bond donors (Lipinski definition) is 1. The predicted octanol–water partition coefficient (Wildman–Crippen LogP) is 5.52. The average Bonchev–Trinajstić information content (AvgIpc) is 3.50. The van der Waals surface area contributed by atoms with Crippen molar-refractivity contribution in [1.29, 1.82) is 0 Å². The van der Waals surface area contributed by atoms with Gasteiger partial charge in [0.05, 0.1) is 12.2 Å². The maximum atomic E-state index is 13.6. The van der Waals surface area contributed by atoms with Gasteiger partial charge < -0.3 is 18.7 Å². The number of nitrogens with zero attached hydrogens (tertiary/aromatic N) is 1. The first-order valence-corrected chi connectivity index (χ1v) is 10.6. The summed E-state index contributed by atoms with van der Waals surface area (Å²) < 4.78 is 17.1. The third-order valence-corrected chi connectivity index (χ3v) is 5.54. The molecule has 0 aliphatic carbocycles. The summed E-state index contributed by atoms with van der Waals surface area (Å²) in [5.74, 6) is -0.367. The van der Waals surface area contributed by atoms with Crippen molar-refractivity contribution < 1.29 is 28.3 Å². The monoisotopic (exact) mass is 443 g/mol. The van der Waals surface area contributed by atoms with Gasteiger partial charge in [0, 0.05) is 17.1 Å². The number of amides is 1. The Kier molecular flexibility index (Phi) is 5.01. The van der Waals surface area contributed by atoms with E-state index in [4.69, 9.17) is 13.6 Å². The summed E-state index contributed by atoms with van der Waals surface area (Å²) in [6, 6.07) is 18.2. The van der Waals surface area contributed by atoms with E-state index in [1.807, 2.05) is 19.1 Å². The van der Waals surface area contributed by atoms with Crippen molar-refractivity contribution in [2.75, 3.05) is 11.5 Å². The second-order valence-corrected chi connectivity index (χ2v) is 7.70. The summed E-state index contributed by atoms with van der Waals surface area (Å²) in [5, 5.41) is 11.6. The Morgan fingerprint density at radius 2 is 1.88 bits per heavy atom. The minimum Gasteiger partial charge on any atom is -0.503 e. The molecule has 0 saturated carbocycles. The Hall–Kier alpha value is -4.26. The molecule has 1 N–H and O–H groups in total. The van der Waals surface area contributed by atoms with E-state index in [9.17, 15) is 14.7 Å². The van der Waals surface area contributed by atoms with Crippen LogP contribution in [0.5, 0.6) is 5.75 Å². The molecular weight excluding hydrogens is 422 g/mol. The molecule has 0 radical (unpaired) electrons. The van der Waals surface area contributed by atoms with Crippen LogP contribution in [0, 0.1) is 6.92 Å². The second-order valence-electron chi connectivity index (χ2n) is 7.70. The number of rotatable bonds is 6. The molecule has 1 aliphatic rings. The highest BCUT2D eigenvalue weighted by atomic mass is 16.5. The second kappa shape index (κ2) is 8.02. The first kappa shape index (κ1) is 20.6. The number of anilines is 1. The van der Waals surface area contributed by atoms with Crippen LogP contribution in [-0.4, -0.2) is 23.4 Å². The number of furan rings is 2. The number of ether oxygens (including phenoxy) is 1. The van der Waals surface area contributed by atoms with Gasteiger partial charge in [-0.3, -0.25) is 14.5 Å². The lowest BCUT2D eigenvalue weighted by Gasteiger charge is -2.25. The number of aryl methyl sites for hydroxylation is 1. The molecule has 1 amide bonds. The Balaban J connectivity index is 1.63. The van der Waals surface area contributed by atoms with E-state index in [0.717, 1.165) is 5.39 Å². The topological polar surface area (TPSA) is 93.1 Å². The Bertz CT molecular complexity index is 1380. The lowest BCUT2D eigenvalue weighted by Crippen LogP contribution is -2.30. The van der Waals surface area contributed by atoms with Crippen molar-refractivity contribution in [3.8, 4) is 5.75 Å². The van der Waals surface area contributed by atoms with Crippen LogP contribution < -0.4 is 9.64 Å². The molecule has 0 saturated heterocycles. The molecule has 5 rings (SSSR count). The number of fused-ring (bicyclic) bond motifs is 1. The van der Waals surface area contributed by atoms with Gasteiger partial charge >= 0.3 is 0 Å². The number of para-hydroxylation sites is 1. The third-order valence-electron chi connectivity index (χ3n) is 5.54. The molecule has 1 aliphatic heterocycles. The van der Waals surface area contributed by atoms with Crippen molar-refractivity contribution in [3.05, 3.63) is 95.3 Å². The minimum absolute atomic E-state index is 0.0312. The quantitative estimate of drug-likeness (QED) is 0.395. The standard InChI is InChI=1S/C26H21NO6/c1-3-31-18-9-6-8-17(14-18)27-23(20-12-11-15(2)32-20)22(25(29)26(27)30)24(28)21-13-16-7-4-5-10-19(16)33-21/h4-14,23,29H,3H2,1-2H3. The molecule has 4 aromatic rings. The van der Waals surface area contributed by atoms with E-state index >= 15 is 0 Å². The number of carbonyl (C=O) groups is 2. The molecule has 2 aromatic carbocycles. The van der Waals surface area contributed by atoms with Gasteiger partial charge in [0.1, 0.15) is 28.9 Å². The molecule has 2 aromatic heterocycles. The normalized spacial score (nSPS) is 16.1. The smallest absolute Gasteiger partial charge is 0.294 e. The first-order chi connectivity index (χ1) is 16.0. The van der Waals surface area contributed by atoms with Gasteiger partial charge in [-0.1, -0.05) is 24.3 Å². The summed E-state index contributed by atoms with van der Waals surface area (Å²) in [7, 11) is 0. The number of aliphatic hydroxyl groups is 1. The highest BCUT2D eigenvalue weighted by molar-refractivity contribution is 6.20. The Morgan fingerprint density at radius 3 is 2.61 bits per heavy atom. The summed E-state index contributed by atoms with van der Waals surface area (Å²) in [6.07, 6.45) is 0. The van der Waals surface area contributed by atoms with Gasteiger partial charge in [0.2, 0.25) is 5.78 Å². The molecule has 33 heavy (non-hydrogen) atoms. The number of hydrogen-bond acceptors (Lipinski definition) is 6. The van der Waals surface area contributed by atoms with Crippen LogP contribution in [0.1, 0.15) is 35.0 Å². The van der Waals surface area contributed by atoms with E-state index in [-0.39, 0.29) is 11.3 Å². The zero-order chi connectivity index (χ0) is 23.1. The summed E-state index contributed by atoms with van der Waals surface area (Å²) in [4.78, 5) is 28.1. The number of carbonyl (C=O) groups excluding carboxylic acids is 2. The van der Waals surface area contributed by atoms with Crippen LogP contribution in [0.25, 0.3) is 11.0 Å². The van der Waals surface area contributed by atoms with Gasteiger partial charge in [-0.15, -0.1) is 0 Å². The zero-order valence-electron chi connectivity index (χ0n) is 18.1. The van der Waals surface area contributed by atoms with E-state index in [2.05, 4.69) is 0 Å². The third kappa shape index (κ3) is 3.47. The summed E-state index contributed by atoms with van der Waals surface area (Å²) in [6.45, 7) is 4.09. The van der Waals surface area contributed by atoms with Gasteiger partial charge in [0.25, 0.3) is 5.91 Å². The van der Waals surface area contributed by atoms with Gasteiger partial charge in [-0.2, -0.15) is 0 Å². The van der Waals surface area contributed by atoms with Crippen LogP contribution >= 0.6 is 0 Å². The van der Waals surface area contributed by atoms with E-state index in [1.54, 1.807) is 61.5 Å².